The molecule has 0 atom stereocenters. The fourth-order valence-corrected chi connectivity index (χ4v) is 2.96. The van der Waals surface area contributed by atoms with Crippen molar-refractivity contribution in [1.29, 1.82) is 0 Å². The van der Waals surface area contributed by atoms with Crippen molar-refractivity contribution in [3.8, 4) is 0 Å². The molecule has 0 heterocycles. The Morgan fingerprint density at radius 3 is 2.59 bits per heavy atom. The predicted molar refractivity (Wildman–Crippen MR) is 91.7 cm³/mol. The molecule has 22 heavy (non-hydrogen) atoms. The summed E-state index contributed by atoms with van der Waals surface area (Å²) in [4.78, 5) is 23.4. The molecule has 2 aromatic rings. The number of halogens is 1. The molecular formula is C15H13BrN2O3S. The number of nitrogens with one attached hydrogen (secondary N) is 1. The Morgan fingerprint density at radius 2 is 2.00 bits per heavy atom. The first-order valence-corrected chi connectivity index (χ1v) is 8.34. The third-order valence-corrected chi connectivity index (χ3v) is 4.35. The standard InChI is InChI=1S/C15H13BrN2O3S/c1-9-7-11(16)4-5-12(9)17-15(19)10-3-6-14(22-2)13(8-10)18(20)21/h3-8H,1-2H3,(H,17,19). The fraction of sp³-hybridized carbons (Fsp3) is 0.133. The smallest absolute Gasteiger partial charge is 0.283 e. The van der Waals surface area contributed by atoms with Gasteiger partial charge in [-0.15, -0.1) is 11.8 Å². The number of nitro benzene ring substituents is 1. The quantitative estimate of drug-likeness (QED) is 0.476. The fourth-order valence-electron chi connectivity index (χ4n) is 1.94. The molecule has 0 fully saturated rings. The van der Waals surface area contributed by atoms with E-state index in [4.69, 9.17) is 0 Å². The third-order valence-electron chi connectivity index (χ3n) is 3.07. The number of carbonyl (C=O) groups excluding carboxylic acids is 1. The van der Waals surface area contributed by atoms with Gasteiger partial charge in [0.25, 0.3) is 11.6 Å². The molecular weight excluding hydrogens is 368 g/mol. The lowest BCUT2D eigenvalue weighted by molar-refractivity contribution is -0.387. The second-order valence-corrected chi connectivity index (χ2v) is 6.32. The minimum absolute atomic E-state index is 0.0623. The molecule has 1 amide bonds. The van der Waals surface area contributed by atoms with Crippen LogP contribution >= 0.6 is 27.7 Å². The van der Waals surface area contributed by atoms with Gasteiger partial charge in [-0.1, -0.05) is 15.9 Å². The van der Waals surface area contributed by atoms with Crippen LogP contribution in [0.3, 0.4) is 0 Å². The van der Waals surface area contributed by atoms with Crippen molar-refractivity contribution in [2.45, 2.75) is 11.8 Å². The van der Waals surface area contributed by atoms with E-state index in [-0.39, 0.29) is 17.2 Å². The molecule has 0 saturated heterocycles. The Hall–Kier alpha value is -1.86. The molecule has 7 heteroatoms. The zero-order valence-electron chi connectivity index (χ0n) is 11.9. The SMILES string of the molecule is CSc1ccc(C(=O)Nc2ccc(Br)cc2C)cc1[N+](=O)[O-]. The van der Waals surface area contributed by atoms with Gasteiger partial charge in [-0.25, -0.2) is 0 Å². The molecule has 2 aromatic carbocycles. The van der Waals surface area contributed by atoms with Crippen LogP contribution in [0.4, 0.5) is 11.4 Å². The van der Waals surface area contributed by atoms with Crippen LogP contribution in [0.15, 0.2) is 45.8 Å². The molecule has 0 unspecified atom stereocenters. The number of nitro groups is 1. The summed E-state index contributed by atoms with van der Waals surface area (Å²) in [5, 5.41) is 13.8. The molecule has 2 rings (SSSR count). The zero-order valence-corrected chi connectivity index (χ0v) is 14.3. The van der Waals surface area contributed by atoms with Crippen LogP contribution in [0, 0.1) is 17.0 Å². The molecule has 0 bridgehead atoms. The van der Waals surface area contributed by atoms with Gasteiger partial charge in [-0.05, 0) is 49.1 Å². The Balaban J connectivity index is 2.30. The Bertz CT molecular complexity index is 750. The summed E-state index contributed by atoms with van der Waals surface area (Å²) < 4.78 is 0.919. The Labute approximate surface area is 140 Å². The van der Waals surface area contributed by atoms with Crippen LogP contribution in [0.5, 0.6) is 0 Å². The number of hydrogen-bond acceptors (Lipinski definition) is 4. The van der Waals surface area contributed by atoms with E-state index in [1.165, 1.54) is 17.8 Å². The number of benzene rings is 2. The van der Waals surface area contributed by atoms with Crippen LogP contribution in [0.1, 0.15) is 15.9 Å². The average molecular weight is 381 g/mol. The van der Waals surface area contributed by atoms with Crippen molar-refractivity contribution >= 4 is 45.0 Å². The van der Waals surface area contributed by atoms with Crippen molar-refractivity contribution in [3.05, 3.63) is 62.1 Å². The number of rotatable bonds is 4. The van der Waals surface area contributed by atoms with Gasteiger partial charge in [0.1, 0.15) is 0 Å². The summed E-state index contributed by atoms with van der Waals surface area (Å²) in [6, 6.07) is 9.96. The van der Waals surface area contributed by atoms with Gasteiger partial charge >= 0.3 is 0 Å². The van der Waals surface area contributed by atoms with E-state index in [1.54, 1.807) is 24.5 Å². The Morgan fingerprint density at radius 1 is 1.27 bits per heavy atom. The van der Waals surface area contributed by atoms with Gasteiger partial charge in [0, 0.05) is 21.8 Å². The monoisotopic (exact) mass is 380 g/mol. The molecule has 1 N–H and O–H groups in total. The summed E-state index contributed by atoms with van der Waals surface area (Å²) in [5.74, 6) is -0.374. The van der Waals surface area contributed by atoms with E-state index in [0.29, 0.717) is 10.6 Å². The number of carbonyl (C=O) groups is 1. The number of hydrogen-bond donors (Lipinski definition) is 1. The minimum Gasteiger partial charge on any atom is -0.322 e. The lowest BCUT2D eigenvalue weighted by Gasteiger charge is -2.09. The normalized spacial score (nSPS) is 10.3. The molecule has 5 nitrogen and oxygen atoms in total. The van der Waals surface area contributed by atoms with Gasteiger partial charge in [0.05, 0.1) is 9.82 Å². The molecule has 0 aliphatic carbocycles. The van der Waals surface area contributed by atoms with Crippen LogP contribution in [0.2, 0.25) is 0 Å². The van der Waals surface area contributed by atoms with E-state index >= 15 is 0 Å². The molecule has 0 aliphatic rings. The minimum atomic E-state index is -0.479. The largest absolute Gasteiger partial charge is 0.322 e. The van der Waals surface area contributed by atoms with Gasteiger partial charge in [-0.2, -0.15) is 0 Å². The maximum Gasteiger partial charge on any atom is 0.283 e. The molecule has 0 radical (unpaired) electrons. The lowest BCUT2D eigenvalue weighted by atomic mass is 10.1. The van der Waals surface area contributed by atoms with Crippen molar-refractivity contribution in [1.82, 2.24) is 0 Å². The van der Waals surface area contributed by atoms with Crippen molar-refractivity contribution in [2.24, 2.45) is 0 Å². The van der Waals surface area contributed by atoms with Gasteiger partial charge in [0.2, 0.25) is 0 Å². The summed E-state index contributed by atoms with van der Waals surface area (Å²) >= 11 is 4.63. The van der Waals surface area contributed by atoms with Gasteiger partial charge < -0.3 is 5.32 Å². The summed E-state index contributed by atoms with van der Waals surface area (Å²) in [7, 11) is 0. The number of aryl methyl sites for hydroxylation is 1. The van der Waals surface area contributed by atoms with Gasteiger partial charge in [0.15, 0.2) is 0 Å². The highest BCUT2D eigenvalue weighted by molar-refractivity contribution is 9.10. The first-order chi connectivity index (χ1) is 10.4. The topological polar surface area (TPSA) is 72.2 Å². The molecule has 0 saturated carbocycles. The average Bonchev–Trinajstić information content (AvgIpc) is 2.49. The molecule has 0 aromatic heterocycles. The molecule has 0 aliphatic heterocycles. The first-order valence-electron chi connectivity index (χ1n) is 6.32. The number of amides is 1. The summed E-state index contributed by atoms with van der Waals surface area (Å²) in [6.07, 6.45) is 1.76. The second-order valence-electron chi connectivity index (χ2n) is 4.56. The van der Waals surface area contributed by atoms with E-state index in [2.05, 4.69) is 21.2 Å². The third kappa shape index (κ3) is 3.66. The number of anilines is 1. The highest BCUT2D eigenvalue weighted by Crippen LogP contribution is 2.29. The lowest BCUT2D eigenvalue weighted by Crippen LogP contribution is -2.13. The van der Waals surface area contributed by atoms with Crippen LogP contribution < -0.4 is 5.32 Å². The molecule has 0 spiro atoms. The maximum absolute atomic E-state index is 12.3. The van der Waals surface area contributed by atoms with Crippen LogP contribution in [-0.2, 0) is 0 Å². The van der Waals surface area contributed by atoms with Crippen molar-refractivity contribution < 1.29 is 9.72 Å². The van der Waals surface area contributed by atoms with E-state index in [9.17, 15) is 14.9 Å². The van der Waals surface area contributed by atoms with Crippen LogP contribution in [0.25, 0.3) is 0 Å². The summed E-state index contributed by atoms with van der Waals surface area (Å²) in [5.41, 5.74) is 1.77. The Kier molecular flexibility index (Phi) is 5.20. The van der Waals surface area contributed by atoms with Gasteiger partial charge in [-0.3, -0.25) is 14.9 Å². The maximum atomic E-state index is 12.3. The number of thioether (sulfide) groups is 1. The van der Waals surface area contributed by atoms with E-state index < -0.39 is 4.92 Å². The predicted octanol–water partition coefficient (Wildman–Crippen LogP) is 4.64. The number of nitrogens with zero attached hydrogens (tertiary/aromatic N) is 1. The molecule has 114 valence electrons. The second kappa shape index (κ2) is 6.93. The van der Waals surface area contributed by atoms with Crippen molar-refractivity contribution in [3.63, 3.8) is 0 Å². The highest BCUT2D eigenvalue weighted by atomic mass is 79.9. The summed E-state index contributed by atoms with van der Waals surface area (Å²) in [6.45, 7) is 1.87. The van der Waals surface area contributed by atoms with E-state index in [1.807, 2.05) is 19.1 Å². The highest BCUT2D eigenvalue weighted by Gasteiger charge is 2.17. The van der Waals surface area contributed by atoms with Crippen molar-refractivity contribution in [2.75, 3.05) is 11.6 Å². The van der Waals surface area contributed by atoms with Crippen LogP contribution in [-0.4, -0.2) is 17.1 Å². The zero-order chi connectivity index (χ0) is 16.3. The first kappa shape index (κ1) is 16.5. The van der Waals surface area contributed by atoms with E-state index in [0.717, 1.165) is 10.0 Å².